The maximum atomic E-state index is 12.5. The van der Waals surface area contributed by atoms with Gasteiger partial charge in [0.1, 0.15) is 12.7 Å². The molecule has 0 aliphatic heterocycles. The minimum atomic E-state index is -0.220. The Morgan fingerprint density at radius 1 is 1.15 bits per heavy atom. The molecule has 3 rings (SSSR count). The maximum absolute atomic E-state index is 12.5. The van der Waals surface area contributed by atoms with Gasteiger partial charge in [-0.05, 0) is 48.9 Å². The molecule has 0 saturated carbocycles. The SMILES string of the molecule is CCCCOc1ccc(C(=O)Nc2ccc(-n3cncn3)cc2)cc1OC. The average Bonchev–Trinajstić information content (AvgIpc) is 3.23. The summed E-state index contributed by atoms with van der Waals surface area (Å²) in [7, 11) is 1.56. The molecule has 1 aromatic heterocycles. The van der Waals surface area contributed by atoms with E-state index in [0.717, 1.165) is 18.5 Å². The molecule has 0 atom stereocenters. The first kappa shape index (κ1) is 18.4. The van der Waals surface area contributed by atoms with Gasteiger partial charge in [-0.15, -0.1) is 0 Å². The zero-order valence-corrected chi connectivity index (χ0v) is 15.4. The second kappa shape index (κ2) is 8.84. The third kappa shape index (κ3) is 4.63. The van der Waals surface area contributed by atoms with E-state index in [0.29, 0.717) is 29.4 Å². The summed E-state index contributed by atoms with van der Waals surface area (Å²) in [6, 6.07) is 12.5. The van der Waals surface area contributed by atoms with Crippen LogP contribution in [0.2, 0.25) is 0 Å². The fourth-order valence-corrected chi connectivity index (χ4v) is 2.50. The van der Waals surface area contributed by atoms with E-state index >= 15 is 0 Å². The predicted molar refractivity (Wildman–Crippen MR) is 103 cm³/mol. The number of nitrogens with one attached hydrogen (secondary N) is 1. The number of rotatable bonds is 8. The monoisotopic (exact) mass is 366 g/mol. The Kier molecular flexibility index (Phi) is 6.04. The van der Waals surface area contributed by atoms with Crippen LogP contribution in [0.4, 0.5) is 5.69 Å². The molecule has 7 nitrogen and oxygen atoms in total. The third-order valence-electron chi connectivity index (χ3n) is 3.99. The van der Waals surface area contributed by atoms with Crippen LogP contribution in [0.25, 0.3) is 5.69 Å². The van der Waals surface area contributed by atoms with Crippen molar-refractivity contribution < 1.29 is 14.3 Å². The van der Waals surface area contributed by atoms with Gasteiger partial charge in [-0.2, -0.15) is 5.10 Å². The van der Waals surface area contributed by atoms with Crippen molar-refractivity contribution in [1.29, 1.82) is 0 Å². The van der Waals surface area contributed by atoms with Crippen LogP contribution in [0, 0.1) is 0 Å². The molecule has 3 aromatic rings. The molecule has 0 radical (unpaired) electrons. The van der Waals surface area contributed by atoms with Crippen LogP contribution in [-0.2, 0) is 0 Å². The van der Waals surface area contributed by atoms with E-state index in [1.165, 1.54) is 6.33 Å². The van der Waals surface area contributed by atoms with Gasteiger partial charge in [-0.1, -0.05) is 13.3 Å². The number of aromatic nitrogens is 3. The molecular weight excluding hydrogens is 344 g/mol. The standard InChI is InChI=1S/C20H22N4O3/c1-3-4-11-27-18-10-5-15(12-19(18)26-2)20(25)23-16-6-8-17(9-7-16)24-14-21-13-22-24/h5-10,12-14H,3-4,11H2,1-2H3,(H,23,25). The summed E-state index contributed by atoms with van der Waals surface area (Å²) < 4.78 is 12.7. The quantitative estimate of drug-likeness (QED) is 0.615. The molecule has 0 bridgehead atoms. The van der Waals surface area contributed by atoms with Gasteiger partial charge in [0.05, 0.1) is 19.4 Å². The summed E-state index contributed by atoms with van der Waals surface area (Å²) in [5.41, 5.74) is 2.04. The molecule has 0 aliphatic carbocycles. The molecule has 0 saturated heterocycles. The van der Waals surface area contributed by atoms with Gasteiger partial charge in [0.25, 0.3) is 5.91 Å². The van der Waals surface area contributed by atoms with Gasteiger partial charge in [0.15, 0.2) is 11.5 Å². The van der Waals surface area contributed by atoms with Crippen molar-refractivity contribution in [3.05, 3.63) is 60.7 Å². The Morgan fingerprint density at radius 3 is 2.63 bits per heavy atom. The lowest BCUT2D eigenvalue weighted by atomic mass is 10.1. The summed E-state index contributed by atoms with van der Waals surface area (Å²) in [4.78, 5) is 16.4. The van der Waals surface area contributed by atoms with Gasteiger partial charge in [-0.25, -0.2) is 9.67 Å². The van der Waals surface area contributed by atoms with Crippen molar-refractivity contribution in [1.82, 2.24) is 14.8 Å². The number of hydrogen-bond donors (Lipinski definition) is 1. The molecule has 1 N–H and O–H groups in total. The van der Waals surface area contributed by atoms with Crippen molar-refractivity contribution in [2.75, 3.05) is 19.0 Å². The maximum Gasteiger partial charge on any atom is 0.255 e. The molecule has 1 heterocycles. The lowest BCUT2D eigenvalue weighted by Crippen LogP contribution is -2.12. The number of amides is 1. The van der Waals surface area contributed by atoms with Crippen molar-refractivity contribution in [2.24, 2.45) is 0 Å². The van der Waals surface area contributed by atoms with E-state index in [-0.39, 0.29) is 5.91 Å². The van der Waals surface area contributed by atoms with Crippen molar-refractivity contribution in [2.45, 2.75) is 19.8 Å². The Morgan fingerprint density at radius 2 is 1.96 bits per heavy atom. The number of hydrogen-bond acceptors (Lipinski definition) is 5. The smallest absolute Gasteiger partial charge is 0.255 e. The summed E-state index contributed by atoms with van der Waals surface area (Å²) in [5, 5.41) is 6.94. The van der Waals surface area contributed by atoms with Crippen LogP contribution >= 0.6 is 0 Å². The topological polar surface area (TPSA) is 78.3 Å². The third-order valence-corrected chi connectivity index (χ3v) is 3.99. The molecule has 0 spiro atoms. The van der Waals surface area contributed by atoms with Crippen LogP contribution < -0.4 is 14.8 Å². The molecule has 0 unspecified atom stereocenters. The normalized spacial score (nSPS) is 10.4. The van der Waals surface area contributed by atoms with Gasteiger partial charge in [-0.3, -0.25) is 4.79 Å². The second-order valence-electron chi connectivity index (χ2n) is 5.91. The largest absolute Gasteiger partial charge is 0.493 e. The number of benzene rings is 2. The predicted octanol–water partition coefficient (Wildman–Crippen LogP) is 3.71. The highest BCUT2D eigenvalue weighted by molar-refractivity contribution is 6.04. The summed E-state index contributed by atoms with van der Waals surface area (Å²) in [6.45, 7) is 2.73. The summed E-state index contributed by atoms with van der Waals surface area (Å²) >= 11 is 0. The summed E-state index contributed by atoms with van der Waals surface area (Å²) in [6.07, 6.45) is 5.11. The highest BCUT2D eigenvalue weighted by Gasteiger charge is 2.12. The first-order valence-corrected chi connectivity index (χ1v) is 8.78. The summed E-state index contributed by atoms with van der Waals surface area (Å²) in [5.74, 6) is 0.960. The van der Waals surface area contributed by atoms with Crippen LogP contribution in [0.15, 0.2) is 55.1 Å². The number of ether oxygens (including phenoxy) is 2. The first-order valence-electron chi connectivity index (χ1n) is 8.78. The Labute approximate surface area is 158 Å². The van der Waals surface area contributed by atoms with Gasteiger partial charge in [0, 0.05) is 11.3 Å². The van der Waals surface area contributed by atoms with Crippen molar-refractivity contribution in [3.8, 4) is 17.2 Å². The van der Waals surface area contributed by atoms with Gasteiger partial charge in [0.2, 0.25) is 0 Å². The molecule has 1 amide bonds. The number of nitrogens with zero attached hydrogens (tertiary/aromatic N) is 3. The zero-order valence-electron chi connectivity index (χ0n) is 15.4. The highest BCUT2D eigenvalue weighted by Crippen LogP contribution is 2.28. The van der Waals surface area contributed by atoms with Crippen LogP contribution in [0.3, 0.4) is 0 Å². The zero-order chi connectivity index (χ0) is 19.1. The fraction of sp³-hybridized carbons (Fsp3) is 0.250. The van der Waals surface area contributed by atoms with Gasteiger partial charge < -0.3 is 14.8 Å². The van der Waals surface area contributed by atoms with E-state index in [9.17, 15) is 4.79 Å². The molecule has 0 fully saturated rings. The Bertz CT molecular complexity index is 877. The molecule has 0 aliphatic rings. The van der Waals surface area contributed by atoms with Crippen molar-refractivity contribution in [3.63, 3.8) is 0 Å². The number of anilines is 1. The van der Waals surface area contributed by atoms with E-state index in [4.69, 9.17) is 9.47 Å². The van der Waals surface area contributed by atoms with E-state index in [1.807, 2.05) is 24.3 Å². The first-order chi connectivity index (χ1) is 13.2. The van der Waals surface area contributed by atoms with E-state index in [1.54, 1.807) is 36.3 Å². The van der Waals surface area contributed by atoms with Crippen LogP contribution in [0.1, 0.15) is 30.1 Å². The number of unbranched alkanes of at least 4 members (excludes halogenated alkanes) is 1. The van der Waals surface area contributed by atoms with Crippen LogP contribution in [-0.4, -0.2) is 34.4 Å². The number of carbonyl (C=O) groups is 1. The minimum Gasteiger partial charge on any atom is -0.493 e. The lowest BCUT2D eigenvalue weighted by Gasteiger charge is -2.12. The Hall–Kier alpha value is -3.35. The average molecular weight is 366 g/mol. The molecule has 7 heteroatoms. The minimum absolute atomic E-state index is 0.220. The highest BCUT2D eigenvalue weighted by atomic mass is 16.5. The van der Waals surface area contributed by atoms with Crippen molar-refractivity contribution >= 4 is 11.6 Å². The number of carbonyl (C=O) groups excluding carboxylic acids is 1. The van der Waals surface area contributed by atoms with Gasteiger partial charge >= 0.3 is 0 Å². The Balaban J connectivity index is 1.68. The molecule has 2 aromatic carbocycles. The second-order valence-corrected chi connectivity index (χ2v) is 5.91. The molecule has 27 heavy (non-hydrogen) atoms. The van der Waals surface area contributed by atoms with Crippen LogP contribution in [0.5, 0.6) is 11.5 Å². The van der Waals surface area contributed by atoms with E-state index < -0.39 is 0 Å². The van der Waals surface area contributed by atoms with E-state index in [2.05, 4.69) is 22.3 Å². The number of methoxy groups -OCH3 is 1. The lowest BCUT2D eigenvalue weighted by molar-refractivity contribution is 0.102. The fourth-order valence-electron chi connectivity index (χ4n) is 2.50. The molecule has 140 valence electrons. The molecular formula is C20H22N4O3.